The van der Waals surface area contributed by atoms with Crippen LogP contribution in [-0.4, -0.2) is 5.11 Å². The van der Waals surface area contributed by atoms with Gasteiger partial charge in [-0.25, -0.2) is 0 Å². The van der Waals surface area contributed by atoms with Crippen molar-refractivity contribution in [2.75, 3.05) is 0 Å². The van der Waals surface area contributed by atoms with Crippen LogP contribution in [0.15, 0.2) is 52.1 Å². The van der Waals surface area contributed by atoms with Gasteiger partial charge in [-0.2, -0.15) is 0 Å². The Kier molecular flexibility index (Phi) is 3.08. The van der Waals surface area contributed by atoms with Crippen LogP contribution < -0.4 is 5.43 Å². The number of halogens is 1. The van der Waals surface area contributed by atoms with Gasteiger partial charge in [0.15, 0.2) is 5.43 Å². The molecule has 1 heterocycles. The summed E-state index contributed by atoms with van der Waals surface area (Å²) in [6.45, 7) is 0. The molecule has 0 fully saturated rings. The molecular formula is C12H9ClO3. The summed E-state index contributed by atoms with van der Waals surface area (Å²) in [5.74, 6) is 0. The lowest BCUT2D eigenvalue weighted by molar-refractivity contribution is 0.216. The summed E-state index contributed by atoms with van der Waals surface area (Å²) in [6.07, 6.45) is 1.54. The third-order valence-electron chi connectivity index (χ3n) is 2.26. The molecule has 0 radical (unpaired) electrons. The highest BCUT2D eigenvalue weighted by Gasteiger charge is 2.13. The van der Waals surface area contributed by atoms with Crippen LogP contribution in [0.5, 0.6) is 0 Å². The molecule has 0 aliphatic rings. The molecule has 1 N–H and O–H groups in total. The first-order valence-corrected chi connectivity index (χ1v) is 5.06. The zero-order chi connectivity index (χ0) is 11.5. The van der Waals surface area contributed by atoms with Gasteiger partial charge in [0.05, 0.1) is 11.8 Å². The molecule has 0 amide bonds. The summed E-state index contributed by atoms with van der Waals surface area (Å²) in [7, 11) is 0. The fraction of sp³-hybridized carbons (Fsp3) is 0.0833. The van der Waals surface area contributed by atoms with Crippen LogP contribution in [0.25, 0.3) is 0 Å². The molecule has 0 saturated heterocycles. The Hall–Kier alpha value is -1.58. The molecule has 0 bridgehead atoms. The van der Waals surface area contributed by atoms with Crippen LogP contribution in [0.3, 0.4) is 0 Å². The molecular weight excluding hydrogens is 228 g/mol. The molecule has 0 aliphatic carbocycles. The van der Waals surface area contributed by atoms with Crippen LogP contribution in [0.4, 0.5) is 0 Å². The fourth-order valence-corrected chi connectivity index (χ4v) is 1.52. The van der Waals surface area contributed by atoms with Crippen molar-refractivity contribution in [2.24, 2.45) is 0 Å². The number of aliphatic hydroxyl groups is 1. The third-order valence-corrected chi connectivity index (χ3v) is 2.51. The van der Waals surface area contributed by atoms with Crippen molar-refractivity contribution in [1.82, 2.24) is 0 Å². The fourth-order valence-electron chi connectivity index (χ4n) is 1.39. The molecule has 1 aromatic carbocycles. The van der Waals surface area contributed by atoms with Crippen molar-refractivity contribution in [2.45, 2.75) is 6.10 Å². The summed E-state index contributed by atoms with van der Waals surface area (Å²) in [5.41, 5.74) is 0.557. The first-order chi connectivity index (χ1) is 7.68. The minimum atomic E-state index is -0.991. The lowest BCUT2D eigenvalue weighted by atomic mass is 10.0. The van der Waals surface area contributed by atoms with E-state index in [2.05, 4.69) is 0 Å². The molecule has 82 valence electrons. The zero-order valence-corrected chi connectivity index (χ0v) is 9.02. The monoisotopic (exact) mass is 236 g/mol. The minimum Gasteiger partial charge on any atom is -0.472 e. The third kappa shape index (κ3) is 2.15. The van der Waals surface area contributed by atoms with Gasteiger partial charge < -0.3 is 9.52 Å². The Morgan fingerprint density at radius 2 is 1.88 bits per heavy atom. The largest absolute Gasteiger partial charge is 0.472 e. The lowest BCUT2D eigenvalue weighted by Crippen LogP contribution is -2.12. The lowest BCUT2D eigenvalue weighted by Gasteiger charge is -2.09. The maximum absolute atomic E-state index is 11.5. The standard InChI is InChI=1S/C12H9ClO3/c13-9-3-1-8(2-4-9)12(15)10-7-16-6-5-11(10)14/h1-7,12,15H. The second-order valence-corrected chi connectivity index (χ2v) is 3.77. The zero-order valence-electron chi connectivity index (χ0n) is 8.26. The van der Waals surface area contributed by atoms with E-state index in [0.29, 0.717) is 10.6 Å². The van der Waals surface area contributed by atoms with Crippen LogP contribution in [0, 0.1) is 0 Å². The molecule has 1 aromatic heterocycles. The summed E-state index contributed by atoms with van der Waals surface area (Å²) in [6, 6.07) is 7.92. The molecule has 2 rings (SSSR count). The van der Waals surface area contributed by atoms with Gasteiger partial charge in [0, 0.05) is 11.1 Å². The Bertz CT molecular complexity index is 530. The predicted octanol–water partition coefficient (Wildman–Crippen LogP) is 2.37. The van der Waals surface area contributed by atoms with Gasteiger partial charge in [0.2, 0.25) is 0 Å². The van der Waals surface area contributed by atoms with Gasteiger partial charge in [0.25, 0.3) is 0 Å². The second-order valence-electron chi connectivity index (χ2n) is 3.33. The highest BCUT2D eigenvalue weighted by Crippen LogP contribution is 2.20. The number of benzene rings is 1. The predicted molar refractivity (Wildman–Crippen MR) is 60.5 cm³/mol. The highest BCUT2D eigenvalue weighted by molar-refractivity contribution is 6.30. The van der Waals surface area contributed by atoms with Crippen molar-refractivity contribution in [3.05, 3.63) is 69.2 Å². The molecule has 0 spiro atoms. The number of hydrogen-bond acceptors (Lipinski definition) is 3. The van der Waals surface area contributed by atoms with E-state index >= 15 is 0 Å². The maximum atomic E-state index is 11.5. The quantitative estimate of drug-likeness (QED) is 0.871. The molecule has 0 aliphatic heterocycles. The van der Waals surface area contributed by atoms with Crippen molar-refractivity contribution >= 4 is 11.6 Å². The molecule has 1 unspecified atom stereocenters. The van der Waals surface area contributed by atoms with E-state index in [0.717, 1.165) is 0 Å². The van der Waals surface area contributed by atoms with Crippen LogP contribution in [-0.2, 0) is 0 Å². The second kappa shape index (κ2) is 4.51. The van der Waals surface area contributed by atoms with E-state index in [1.54, 1.807) is 24.3 Å². The van der Waals surface area contributed by atoms with E-state index < -0.39 is 6.10 Å². The number of hydrogen-bond donors (Lipinski definition) is 1. The average molecular weight is 237 g/mol. The Morgan fingerprint density at radius 1 is 1.19 bits per heavy atom. The van der Waals surface area contributed by atoms with Gasteiger partial charge >= 0.3 is 0 Å². The molecule has 1 atom stereocenters. The summed E-state index contributed by atoms with van der Waals surface area (Å²) in [4.78, 5) is 11.5. The summed E-state index contributed by atoms with van der Waals surface area (Å²) in [5, 5.41) is 10.5. The van der Waals surface area contributed by atoms with Gasteiger partial charge in [0.1, 0.15) is 12.4 Å². The Morgan fingerprint density at radius 3 is 2.50 bits per heavy atom. The van der Waals surface area contributed by atoms with Gasteiger partial charge in [-0.1, -0.05) is 23.7 Å². The molecule has 2 aromatic rings. The van der Waals surface area contributed by atoms with E-state index in [-0.39, 0.29) is 11.0 Å². The SMILES string of the molecule is O=c1ccocc1C(O)c1ccc(Cl)cc1. The minimum absolute atomic E-state index is 0.213. The summed E-state index contributed by atoms with van der Waals surface area (Å²) >= 11 is 5.73. The van der Waals surface area contributed by atoms with E-state index in [9.17, 15) is 9.90 Å². The van der Waals surface area contributed by atoms with Gasteiger partial charge in [-0.3, -0.25) is 4.79 Å². The molecule has 4 heteroatoms. The van der Waals surface area contributed by atoms with Crippen LogP contribution in [0.1, 0.15) is 17.2 Å². The first kappa shape index (κ1) is 10.9. The molecule has 0 saturated carbocycles. The average Bonchev–Trinajstić information content (AvgIpc) is 2.30. The summed E-state index contributed by atoms with van der Waals surface area (Å²) < 4.78 is 4.87. The first-order valence-electron chi connectivity index (χ1n) is 4.68. The highest BCUT2D eigenvalue weighted by atomic mass is 35.5. The topological polar surface area (TPSA) is 50.4 Å². The van der Waals surface area contributed by atoms with E-state index in [4.69, 9.17) is 16.0 Å². The van der Waals surface area contributed by atoms with Gasteiger partial charge in [-0.15, -0.1) is 0 Å². The molecule has 3 nitrogen and oxygen atoms in total. The number of rotatable bonds is 2. The Balaban J connectivity index is 2.39. The van der Waals surface area contributed by atoms with Crippen molar-refractivity contribution in [3.63, 3.8) is 0 Å². The van der Waals surface area contributed by atoms with Crippen molar-refractivity contribution in [3.8, 4) is 0 Å². The smallest absolute Gasteiger partial charge is 0.190 e. The molecule has 16 heavy (non-hydrogen) atoms. The van der Waals surface area contributed by atoms with E-state index in [1.807, 2.05) is 0 Å². The van der Waals surface area contributed by atoms with E-state index in [1.165, 1.54) is 18.6 Å². The van der Waals surface area contributed by atoms with Crippen LogP contribution >= 0.6 is 11.6 Å². The number of aliphatic hydroxyl groups excluding tert-OH is 1. The van der Waals surface area contributed by atoms with Gasteiger partial charge in [-0.05, 0) is 17.7 Å². The van der Waals surface area contributed by atoms with Crippen LogP contribution in [0.2, 0.25) is 5.02 Å². The normalized spacial score (nSPS) is 12.4. The Labute approximate surface area is 96.9 Å². The van der Waals surface area contributed by atoms with Crippen molar-refractivity contribution in [1.29, 1.82) is 0 Å². The maximum Gasteiger partial charge on any atom is 0.190 e. The van der Waals surface area contributed by atoms with Crippen molar-refractivity contribution < 1.29 is 9.52 Å².